The van der Waals surface area contributed by atoms with Crippen molar-refractivity contribution in [3.8, 4) is 11.7 Å². The second kappa shape index (κ2) is 7.19. The number of nitrogens with one attached hydrogen (secondary N) is 1. The summed E-state index contributed by atoms with van der Waals surface area (Å²) in [5, 5.41) is 7.10. The van der Waals surface area contributed by atoms with Gasteiger partial charge in [0.05, 0.1) is 6.04 Å². The molecule has 3 heterocycles. The van der Waals surface area contributed by atoms with Crippen LogP contribution in [0.1, 0.15) is 11.9 Å². The summed E-state index contributed by atoms with van der Waals surface area (Å²) in [6.07, 6.45) is 0. The molecule has 0 aliphatic carbocycles. The zero-order valence-corrected chi connectivity index (χ0v) is 15.2. The summed E-state index contributed by atoms with van der Waals surface area (Å²) in [4.78, 5) is 6.47. The molecule has 0 amide bonds. The van der Waals surface area contributed by atoms with Gasteiger partial charge in [0.2, 0.25) is 5.09 Å². The smallest absolute Gasteiger partial charge is 0.293 e. The Morgan fingerprint density at radius 1 is 1.38 bits per heavy atom. The lowest BCUT2D eigenvalue weighted by Crippen LogP contribution is -2.44. The van der Waals surface area contributed by atoms with Crippen molar-refractivity contribution in [2.45, 2.75) is 11.1 Å². The van der Waals surface area contributed by atoms with E-state index in [4.69, 9.17) is 8.94 Å². The molecule has 2 aromatic heterocycles. The van der Waals surface area contributed by atoms with Crippen molar-refractivity contribution in [1.29, 1.82) is 0 Å². The van der Waals surface area contributed by atoms with E-state index in [1.54, 1.807) is 0 Å². The third kappa shape index (κ3) is 3.47. The molecule has 0 aromatic carbocycles. The highest BCUT2D eigenvalue weighted by atomic mass is 35.5. The van der Waals surface area contributed by atoms with Gasteiger partial charge in [0.25, 0.3) is 15.9 Å². The predicted octanol–water partition coefficient (Wildman–Crippen LogP) is 0.578. The molecule has 0 radical (unpaired) electrons. The quantitative estimate of drug-likeness (QED) is 0.824. The van der Waals surface area contributed by atoms with Crippen LogP contribution in [0.4, 0.5) is 0 Å². The Morgan fingerprint density at radius 3 is 2.79 bits per heavy atom. The number of rotatable bonds is 4. The van der Waals surface area contributed by atoms with Gasteiger partial charge in [-0.2, -0.15) is 4.98 Å². The van der Waals surface area contributed by atoms with Gasteiger partial charge in [-0.25, -0.2) is 12.7 Å². The van der Waals surface area contributed by atoms with Gasteiger partial charge in [0, 0.05) is 33.7 Å². The predicted molar refractivity (Wildman–Crippen MR) is 88.4 cm³/mol. The van der Waals surface area contributed by atoms with Gasteiger partial charge in [0.1, 0.15) is 0 Å². The molecule has 2 aromatic rings. The van der Waals surface area contributed by atoms with Crippen LogP contribution in [0, 0.1) is 0 Å². The molecule has 1 N–H and O–H groups in total. The lowest BCUT2D eigenvalue weighted by molar-refractivity contribution is 0.190. The fourth-order valence-electron chi connectivity index (χ4n) is 2.32. The molecular formula is C13H20ClN5O4S. The molecule has 3 rings (SSSR count). The number of furan rings is 1. The minimum Gasteiger partial charge on any atom is -0.438 e. The van der Waals surface area contributed by atoms with Crippen molar-refractivity contribution in [3.63, 3.8) is 0 Å². The first-order valence-electron chi connectivity index (χ1n) is 7.17. The van der Waals surface area contributed by atoms with Crippen LogP contribution in [0.2, 0.25) is 0 Å². The summed E-state index contributed by atoms with van der Waals surface area (Å²) in [5.74, 6) is 0.942. The van der Waals surface area contributed by atoms with Crippen molar-refractivity contribution in [1.82, 2.24) is 24.7 Å². The van der Waals surface area contributed by atoms with Gasteiger partial charge >= 0.3 is 0 Å². The first kappa shape index (κ1) is 18.9. The molecule has 1 unspecified atom stereocenters. The molecular weight excluding hydrogens is 358 g/mol. The molecule has 1 fully saturated rings. The largest absolute Gasteiger partial charge is 0.438 e. The van der Waals surface area contributed by atoms with Crippen LogP contribution in [-0.2, 0) is 10.0 Å². The molecule has 1 aliphatic heterocycles. The Bertz CT molecular complexity index is 788. The zero-order chi connectivity index (χ0) is 16.6. The van der Waals surface area contributed by atoms with E-state index < -0.39 is 10.0 Å². The van der Waals surface area contributed by atoms with Crippen LogP contribution in [0.25, 0.3) is 11.7 Å². The van der Waals surface area contributed by atoms with E-state index >= 15 is 0 Å². The van der Waals surface area contributed by atoms with Gasteiger partial charge in [-0.1, -0.05) is 5.16 Å². The Labute approximate surface area is 146 Å². The summed E-state index contributed by atoms with van der Waals surface area (Å²) in [7, 11) is 1.25. The van der Waals surface area contributed by atoms with E-state index in [1.165, 1.54) is 26.2 Å². The van der Waals surface area contributed by atoms with Crippen LogP contribution < -0.4 is 5.32 Å². The molecule has 9 nitrogen and oxygen atoms in total. The standard InChI is InChI=1S/C13H19N5O4S.ClH/c1-17(2)23(19,20)11-5-4-10(21-11)13-15-12(16-22-13)9-8-14-6-7-18(9)3;/h4-5,9,14H,6-8H2,1-3H3;1H. The Morgan fingerprint density at radius 2 is 2.12 bits per heavy atom. The monoisotopic (exact) mass is 377 g/mol. The number of piperazine rings is 1. The summed E-state index contributed by atoms with van der Waals surface area (Å²) < 4.78 is 35.7. The molecule has 0 spiro atoms. The van der Waals surface area contributed by atoms with Crippen molar-refractivity contribution in [3.05, 3.63) is 18.0 Å². The second-order valence-electron chi connectivity index (χ2n) is 5.56. The van der Waals surface area contributed by atoms with E-state index in [0.29, 0.717) is 5.82 Å². The van der Waals surface area contributed by atoms with E-state index in [1.807, 2.05) is 7.05 Å². The van der Waals surface area contributed by atoms with Crippen molar-refractivity contribution >= 4 is 22.4 Å². The third-order valence-electron chi connectivity index (χ3n) is 3.78. The maximum Gasteiger partial charge on any atom is 0.293 e. The maximum atomic E-state index is 12.0. The van der Waals surface area contributed by atoms with Crippen molar-refractivity contribution in [2.75, 3.05) is 40.8 Å². The summed E-state index contributed by atoms with van der Waals surface area (Å²) in [6, 6.07) is 2.90. The van der Waals surface area contributed by atoms with E-state index in [2.05, 4.69) is 20.4 Å². The fraction of sp³-hybridized carbons (Fsp3) is 0.538. The van der Waals surface area contributed by atoms with Gasteiger partial charge in [-0.15, -0.1) is 12.4 Å². The first-order valence-corrected chi connectivity index (χ1v) is 8.61. The molecule has 1 saturated heterocycles. The van der Waals surface area contributed by atoms with Gasteiger partial charge < -0.3 is 14.3 Å². The van der Waals surface area contributed by atoms with Crippen LogP contribution in [-0.4, -0.2) is 68.5 Å². The third-order valence-corrected chi connectivity index (χ3v) is 5.47. The number of likely N-dealkylation sites (N-methyl/N-ethyl adjacent to an activating group) is 1. The molecule has 24 heavy (non-hydrogen) atoms. The van der Waals surface area contributed by atoms with Gasteiger partial charge in [-0.3, -0.25) is 4.90 Å². The lowest BCUT2D eigenvalue weighted by Gasteiger charge is -2.30. The number of nitrogens with zero attached hydrogens (tertiary/aromatic N) is 4. The SMILES string of the molecule is CN1CCNCC1c1noc(-c2ccc(S(=O)(=O)N(C)C)o2)n1.Cl. The van der Waals surface area contributed by atoms with Crippen LogP contribution in [0.15, 0.2) is 26.2 Å². The molecule has 0 saturated carbocycles. The molecule has 1 atom stereocenters. The highest BCUT2D eigenvalue weighted by Gasteiger charge is 2.27. The summed E-state index contributed by atoms with van der Waals surface area (Å²) >= 11 is 0. The van der Waals surface area contributed by atoms with Gasteiger partial charge in [0.15, 0.2) is 11.6 Å². The minimum absolute atomic E-state index is 0. The van der Waals surface area contributed by atoms with Crippen molar-refractivity contribution < 1.29 is 17.4 Å². The fourth-order valence-corrected chi connectivity index (χ4v) is 3.11. The normalized spacial score (nSPS) is 19.4. The Kier molecular flexibility index (Phi) is 5.66. The number of halogens is 1. The number of aromatic nitrogens is 2. The van der Waals surface area contributed by atoms with E-state index in [0.717, 1.165) is 23.9 Å². The highest BCUT2D eigenvalue weighted by Crippen LogP contribution is 2.26. The van der Waals surface area contributed by atoms with Crippen LogP contribution >= 0.6 is 12.4 Å². The average Bonchev–Trinajstić information content (AvgIpc) is 3.17. The van der Waals surface area contributed by atoms with Crippen LogP contribution in [0.5, 0.6) is 0 Å². The number of hydrogen-bond donors (Lipinski definition) is 1. The van der Waals surface area contributed by atoms with Gasteiger partial charge in [-0.05, 0) is 19.2 Å². The average molecular weight is 378 g/mol. The second-order valence-corrected chi connectivity index (χ2v) is 7.65. The van der Waals surface area contributed by atoms with E-state index in [9.17, 15) is 8.42 Å². The molecule has 0 bridgehead atoms. The van der Waals surface area contributed by atoms with Crippen molar-refractivity contribution in [2.24, 2.45) is 0 Å². The Hall–Kier alpha value is -1.46. The van der Waals surface area contributed by atoms with E-state index in [-0.39, 0.29) is 35.2 Å². The topological polar surface area (TPSA) is 105 Å². The first-order chi connectivity index (χ1) is 10.9. The summed E-state index contributed by atoms with van der Waals surface area (Å²) in [5.41, 5.74) is 0. The summed E-state index contributed by atoms with van der Waals surface area (Å²) in [6.45, 7) is 2.54. The number of hydrogen-bond acceptors (Lipinski definition) is 8. The zero-order valence-electron chi connectivity index (χ0n) is 13.6. The molecule has 134 valence electrons. The highest BCUT2D eigenvalue weighted by molar-refractivity contribution is 7.88. The molecule has 11 heteroatoms. The lowest BCUT2D eigenvalue weighted by atomic mass is 10.2. The number of sulfonamides is 1. The maximum absolute atomic E-state index is 12.0. The minimum atomic E-state index is -3.63. The Balaban J connectivity index is 0.00000208. The molecule has 1 aliphatic rings. The van der Waals surface area contributed by atoms with Crippen LogP contribution in [0.3, 0.4) is 0 Å².